The molecular weight excluding hydrogens is 458 g/mol. The van der Waals surface area contributed by atoms with Crippen LogP contribution < -0.4 is 10.1 Å². The lowest BCUT2D eigenvalue weighted by Crippen LogP contribution is -2.51. The van der Waals surface area contributed by atoms with Gasteiger partial charge < -0.3 is 25.2 Å². The number of aliphatic hydroxyl groups excluding tert-OH is 1. The molecule has 0 aliphatic carbocycles. The van der Waals surface area contributed by atoms with Crippen molar-refractivity contribution in [2.24, 2.45) is 5.92 Å². The van der Waals surface area contributed by atoms with Gasteiger partial charge in [0.25, 0.3) is 0 Å². The van der Waals surface area contributed by atoms with Gasteiger partial charge in [-0.25, -0.2) is 13.2 Å². The number of hydrogen-bond donors (Lipinski definition) is 3. The van der Waals surface area contributed by atoms with E-state index in [0.717, 1.165) is 6.42 Å². The molecule has 0 saturated heterocycles. The van der Waals surface area contributed by atoms with Crippen molar-refractivity contribution in [2.45, 2.75) is 63.7 Å². The van der Waals surface area contributed by atoms with Crippen LogP contribution in [0.5, 0.6) is 5.75 Å². The molecule has 1 aliphatic rings. The third-order valence-corrected chi connectivity index (χ3v) is 7.53. The van der Waals surface area contributed by atoms with Crippen LogP contribution in [0.15, 0.2) is 23.1 Å². The van der Waals surface area contributed by atoms with E-state index in [0.29, 0.717) is 12.1 Å². The van der Waals surface area contributed by atoms with Crippen LogP contribution >= 0.6 is 0 Å². The number of rotatable bonds is 6. The Morgan fingerprint density at radius 3 is 2.68 bits per heavy atom. The number of hydrogen-bond acceptors (Lipinski definition) is 6. The first kappa shape index (κ1) is 27.9. The van der Waals surface area contributed by atoms with E-state index in [1.165, 1.54) is 21.3 Å². The Kier molecular flexibility index (Phi) is 9.37. The van der Waals surface area contributed by atoms with Crippen molar-refractivity contribution in [3.05, 3.63) is 23.8 Å². The second-order valence-electron chi connectivity index (χ2n) is 9.32. The van der Waals surface area contributed by atoms with Crippen LogP contribution in [0.3, 0.4) is 0 Å². The van der Waals surface area contributed by atoms with Crippen molar-refractivity contribution in [1.82, 2.24) is 14.5 Å². The van der Waals surface area contributed by atoms with Crippen molar-refractivity contribution < 1.29 is 28.2 Å². The van der Waals surface area contributed by atoms with Gasteiger partial charge in [-0.2, -0.15) is 4.31 Å². The molecule has 190 valence electrons. The molecule has 1 aromatic rings. The monoisotopic (exact) mass is 495 g/mol. The molecule has 3 atom stereocenters. The summed E-state index contributed by atoms with van der Waals surface area (Å²) in [5.41, 5.74) is -0.727. The summed E-state index contributed by atoms with van der Waals surface area (Å²) in [5, 5.41) is 22.5. The fraction of sp³-hybridized carbons (Fsp3) is 0.625. The zero-order chi connectivity index (χ0) is 25.7. The van der Waals surface area contributed by atoms with Gasteiger partial charge in [0, 0.05) is 37.7 Å². The fourth-order valence-corrected chi connectivity index (χ4v) is 5.29. The number of likely N-dealkylation sites (N-methyl/N-ethyl adjacent to an activating group) is 1. The molecule has 0 radical (unpaired) electrons. The molecule has 0 aromatic heterocycles. The molecule has 0 fully saturated rings. The van der Waals surface area contributed by atoms with Crippen LogP contribution in [0.25, 0.3) is 0 Å². The number of fused-ring (bicyclic) bond motifs is 1. The average molecular weight is 496 g/mol. The zero-order valence-corrected chi connectivity index (χ0v) is 21.6. The maximum Gasteiger partial charge on any atom is 0.317 e. The lowest BCUT2D eigenvalue weighted by Gasteiger charge is -2.37. The first-order valence-corrected chi connectivity index (χ1v) is 12.9. The van der Waals surface area contributed by atoms with Gasteiger partial charge in [-0.1, -0.05) is 25.7 Å². The Morgan fingerprint density at radius 1 is 1.41 bits per heavy atom. The van der Waals surface area contributed by atoms with E-state index in [9.17, 15) is 23.4 Å². The van der Waals surface area contributed by atoms with Crippen LogP contribution in [0.4, 0.5) is 4.79 Å². The maximum atomic E-state index is 13.5. The largest absolute Gasteiger partial charge is 0.487 e. The molecule has 0 saturated carbocycles. The highest BCUT2D eigenvalue weighted by Gasteiger charge is 2.38. The SMILES string of the molecule is CCCNC(=O)N(C)C[C@H]1Oc2cc(C#CC(C)(C)O)ccc2S(=O)(=O)N([C@H](C)CO)C[C@H]1C. The maximum absolute atomic E-state index is 13.5. The summed E-state index contributed by atoms with van der Waals surface area (Å²) < 4.78 is 34.5. The van der Waals surface area contributed by atoms with Gasteiger partial charge in [0.05, 0.1) is 13.2 Å². The molecule has 2 rings (SSSR count). The first-order chi connectivity index (χ1) is 15.8. The molecule has 1 heterocycles. The number of amides is 2. The number of nitrogens with zero attached hydrogens (tertiary/aromatic N) is 2. The van der Waals surface area contributed by atoms with Gasteiger partial charge in [0.2, 0.25) is 10.0 Å². The number of urea groups is 1. The molecular formula is C24H37N3O6S. The quantitative estimate of drug-likeness (QED) is 0.516. The smallest absolute Gasteiger partial charge is 0.317 e. The lowest BCUT2D eigenvalue weighted by molar-refractivity contribution is 0.0812. The van der Waals surface area contributed by atoms with Crippen LogP contribution in [0, 0.1) is 17.8 Å². The molecule has 3 N–H and O–H groups in total. The summed E-state index contributed by atoms with van der Waals surface area (Å²) in [7, 11) is -2.31. The summed E-state index contributed by atoms with van der Waals surface area (Å²) in [5.74, 6) is 5.40. The van der Waals surface area contributed by atoms with Crippen molar-refractivity contribution >= 4 is 16.1 Å². The van der Waals surface area contributed by atoms with Crippen LogP contribution in [0.2, 0.25) is 0 Å². The van der Waals surface area contributed by atoms with Gasteiger partial charge in [-0.05, 0) is 45.4 Å². The van der Waals surface area contributed by atoms with E-state index in [-0.39, 0.29) is 42.3 Å². The number of aliphatic hydroxyl groups is 2. The summed E-state index contributed by atoms with van der Waals surface area (Å²) in [6.45, 7) is 9.16. The topological polar surface area (TPSA) is 119 Å². The average Bonchev–Trinajstić information content (AvgIpc) is 2.77. The zero-order valence-electron chi connectivity index (χ0n) is 20.8. The number of sulfonamides is 1. The third-order valence-electron chi connectivity index (χ3n) is 5.51. The van der Waals surface area contributed by atoms with Gasteiger partial charge in [0.15, 0.2) is 0 Å². The molecule has 1 aliphatic heterocycles. The number of nitrogens with one attached hydrogen (secondary N) is 1. The van der Waals surface area contributed by atoms with Gasteiger partial charge in [0.1, 0.15) is 22.4 Å². The number of benzene rings is 1. The second kappa shape index (κ2) is 11.4. The Labute approximate surface area is 203 Å². The van der Waals surface area contributed by atoms with Gasteiger partial charge >= 0.3 is 6.03 Å². The number of carbonyl (C=O) groups is 1. The Hall–Kier alpha value is -2.32. The minimum absolute atomic E-state index is 0.0309. The van der Waals surface area contributed by atoms with E-state index >= 15 is 0 Å². The summed E-state index contributed by atoms with van der Waals surface area (Å²) in [4.78, 5) is 13.9. The molecule has 0 unspecified atom stereocenters. The molecule has 34 heavy (non-hydrogen) atoms. The standard InChI is InChI=1S/C24H37N3O6S/c1-7-12-25-23(29)26(6)15-21-17(2)14-27(18(3)16-28)34(31,32)22-9-8-19(13-20(22)33-21)10-11-24(4,5)30/h8-9,13,17-18,21,28,30H,7,12,14-16H2,1-6H3,(H,25,29)/t17-,18-,21-/m1/s1. The van der Waals surface area contributed by atoms with E-state index in [4.69, 9.17) is 4.74 Å². The van der Waals surface area contributed by atoms with Crippen LogP contribution in [-0.2, 0) is 10.0 Å². The van der Waals surface area contributed by atoms with Crippen molar-refractivity contribution in [3.63, 3.8) is 0 Å². The number of carbonyl (C=O) groups excluding carboxylic acids is 1. The fourth-order valence-electron chi connectivity index (χ4n) is 3.47. The van der Waals surface area contributed by atoms with E-state index in [1.807, 2.05) is 13.8 Å². The number of ether oxygens (including phenoxy) is 1. The van der Waals surface area contributed by atoms with E-state index < -0.39 is 27.8 Å². The van der Waals surface area contributed by atoms with Gasteiger partial charge in [-0.15, -0.1) is 0 Å². The normalized spacial score (nSPS) is 21.1. The minimum atomic E-state index is -3.97. The highest BCUT2D eigenvalue weighted by Crippen LogP contribution is 2.34. The Balaban J connectivity index is 2.53. The van der Waals surface area contributed by atoms with Crippen molar-refractivity contribution in [3.8, 4) is 17.6 Å². The predicted molar refractivity (Wildman–Crippen MR) is 130 cm³/mol. The van der Waals surface area contributed by atoms with Crippen molar-refractivity contribution in [1.29, 1.82) is 0 Å². The van der Waals surface area contributed by atoms with Crippen LogP contribution in [-0.4, -0.2) is 84.9 Å². The molecule has 1 aromatic carbocycles. The van der Waals surface area contributed by atoms with E-state index in [2.05, 4.69) is 17.2 Å². The highest BCUT2D eigenvalue weighted by molar-refractivity contribution is 7.89. The highest BCUT2D eigenvalue weighted by atomic mass is 32.2. The Bertz CT molecular complexity index is 1030. The molecule has 0 bridgehead atoms. The second-order valence-corrected chi connectivity index (χ2v) is 11.2. The predicted octanol–water partition coefficient (Wildman–Crippen LogP) is 1.63. The molecule has 10 heteroatoms. The molecule has 2 amide bonds. The summed E-state index contributed by atoms with van der Waals surface area (Å²) >= 11 is 0. The minimum Gasteiger partial charge on any atom is -0.487 e. The Morgan fingerprint density at radius 2 is 2.09 bits per heavy atom. The van der Waals surface area contributed by atoms with E-state index in [1.54, 1.807) is 33.9 Å². The van der Waals surface area contributed by atoms with Gasteiger partial charge in [-0.3, -0.25) is 0 Å². The molecule has 9 nitrogen and oxygen atoms in total. The van der Waals surface area contributed by atoms with Crippen molar-refractivity contribution in [2.75, 3.05) is 33.3 Å². The summed E-state index contributed by atoms with van der Waals surface area (Å²) in [6.07, 6.45) is 0.293. The third kappa shape index (κ3) is 7.09. The lowest BCUT2D eigenvalue weighted by atomic mass is 10.0. The van der Waals surface area contributed by atoms with Crippen LogP contribution in [0.1, 0.15) is 46.6 Å². The summed E-state index contributed by atoms with van der Waals surface area (Å²) in [6, 6.07) is 3.65. The molecule has 0 spiro atoms. The first-order valence-electron chi connectivity index (χ1n) is 11.5.